The predicted molar refractivity (Wildman–Crippen MR) is 35.5 cm³/mol. The second-order valence-electron chi connectivity index (χ2n) is 1.30. The fraction of sp³-hybridized carbons (Fsp3) is 1.00. The Morgan fingerprint density at radius 3 is 2.67 bits per heavy atom. The molecule has 56 valence electrons. The van der Waals surface area contributed by atoms with Crippen LogP contribution < -0.4 is 0 Å². The average molecular weight is 172 g/mol. The summed E-state index contributed by atoms with van der Waals surface area (Å²) in [5.74, 6) is 0. The van der Waals surface area contributed by atoms with Crippen LogP contribution in [0.4, 0.5) is 0 Å². The van der Waals surface area contributed by atoms with E-state index in [1.54, 1.807) is 0 Å². The zero-order valence-electron chi connectivity index (χ0n) is 4.90. The zero-order chi connectivity index (χ0) is 7.33. The molecule has 0 saturated carbocycles. The van der Waals surface area contributed by atoms with Crippen LogP contribution in [0.5, 0.6) is 0 Å². The summed E-state index contributed by atoms with van der Waals surface area (Å²) in [6.45, 7) is 2.05. The molecule has 1 unspecified atom stereocenters. The molecule has 0 amide bonds. The van der Waals surface area contributed by atoms with Gasteiger partial charge in [-0.2, -0.15) is 4.21 Å². The van der Waals surface area contributed by atoms with Gasteiger partial charge in [-0.15, -0.1) is 4.33 Å². The van der Waals surface area contributed by atoms with E-state index in [9.17, 15) is 4.21 Å². The molecule has 0 aliphatic heterocycles. The second-order valence-corrected chi connectivity index (χ2v) is 3.73. The van der Waals surface area contributed by atoms with Crippen molar-refractivity contribution >= 4 is 20.2 Å². The summed E-state index contributed by atoms with van der Waals surface area (Å²) in [5.41, 5.74) is 0. The van der Waals surface area contributed by atoms with Crippen LogP contribution in [0, 0.1) is 0 Å². The Balaban J connectivity index is 3.61. The Morgan fingerprint density at radius 1 is 1.78 bits per heavy atom. The molecule has 0 aromatic heterocycles. The molecule has 0 fully saturated rings. The molecule has 9 heavy (non-hydrogen) atoms. The molecule has 0 bridgehead atoms. The van der Waals surface area contributed by atoms with Gasteiger partial charge in [-0.1, -0.05) is 6.92 Å². The molecule has 0 saturated heterocycles. The SMILES string of the molecule is CCCOS(=O)(=S)OO. The van der Waals surface area contributed by atoms with Crippen molar-refractivity contribution in [3.05, 3.63) is 0 Å². The van der Waals surface area contributed by atoms with E-state index in [1.807, 2.05) is 6.92 Å². The van der Waals surface area contributed by atoms with Crippen molar-refractivity contribution in [1.82, 2.24) is 0 Å². The van der Waals surface area contributed by atoms with Crippen molar-refractivity contribution in [1.29, 1.82) is 0 Å². The topological polar surface area (TPSA) is 55.8 Å². The first-order valence-corrected chi connectivity index (χ1v) is 4.68. The number of hydrogen-bond donors (Lipinski definition) is 1. The molecule has 0 spiro atoms. The van der Waals surface area contributed by atoms with Gasteiger partial charge in [0.2, 0.25) is 0 Å². The number of rotatable bonds is 4. The van der Waals surface area contributed by atoms with Crippen LogP contribution in [0.2, 0.25) is 0 Å². The standard InChI is InChI=1S/C3H8O4S2/c1-2-3-6-9(5,8)7-4/h4H,2-3H2,1H3. The molecule has 0 radical (unpaired) electrons. The van der Waals surface area contributed by atoms with E-state index >= 15 is 0 Å². The van der Waals surface area contributed by atoms with Gasteiger partial charge < -0.3 is 0 Å². The highest BCUT2D eigenvalue weighted by atomic mass is 32.9. The second kappa shape index (κ2) is 4.13. The third kappa shape index (κ3) is 4.73. The molecule has 0 rings (SSSR count). The average Bonchev–Trinajstić information content (AvgIpc) is 1.84. The van der Waals surface area contributed by atoms with E-state index in [2.05, 4.69) is 19.7 Å². The van der Waals surface area contributed by atoms with Crippen LogP contribution in [0.15, 0.2) is 0 Å². The van der Waals surface area contributed by atoms with E-state index in [0.29, 0.717) is 6.42 Å². The Kier molecular flexibility index (Phi) is 4.24. The molecule has 1 N–H and O–H groups in total. The highest BCUT2D eigenvalue weighted by molar-refractivity contribution is 8.27. The van der Waals surface area contributed by atoms with E-state index in [0.717, 1.165) is 0 Å². The smallest absolute Gasteiger partial charge is 0.268 e. The Bertz CT molecular complexity index is 149. The fourth-order valence-corrected chi connectivity index (χ4v) is 0.825. The summed E-state index contributed by atoms with van der Waals surface area (Å²) in [4.78, 5) is 0. The van der Waals surface area contributed by atoms with Crippen LogP contribution in [0.1, 0.15) is 13.3 Å². The third-order valence-electron chi connectivity index (χ3n) is 0.523. The van der Waals surface area contributed by atoms with Crippen LogP contribution in [0.3, 0.4) is 0 Å². The van der Waals surface area contributed by atoms with E-state index in [-0.39, 0.29) is 6.61 Å². The van der Waals surface area contributed by atoms with Crippen LogP contribution in [0.25, 0.3) is 0 Å². The maximum absolute atomic E-state index is 10.4. The first-order chi connectivity index (χ1) is 4.12. The van der Waals surface area contributed by atoms with Crippen LogP contribution >= 0.6 is 0 Å². The molecule has 0 aromatic rings. The van der Waals surface area contributed by atoms with E-state index in [4.69, 9.17) is 5.26 Å². The zero-order valence-corrected chi connectivity index (χ0v) is 6.54. The van der Waals surface area contributed by atoms with Crippen LogP contribution in [-0.4, -0.2) is 16.1 Å². The predicted octanol–water partition coefficient (Wildman–Crippen LogP) is 0.479. The van der Waals surface area contributed by atoms with Crippen molar-refractivity contribution in [2.45, 2.75) is 13.3 Å². The maximum Gasteiger partial charge on any atom is 0.295 e. The first-order valence-electron chi connectivity index (χ1n) is 2.35. The highest BCUT2D eigenvalue weighted by Crippen LogP contribution is 1.93. The highest BCUT2D eigenvalue weighted by Gasteiger charge is 2.02. The van der Waals surface area contributed by atoms with Gasteiger partial charge in [0.05, 0.1) is 6.61 Å². The molecule has 0 heterocycles. The van der Waals surface area contributed by atoms with Crippen molar-refractivity contribution in [3.63, 3.8) is 0 Å². The van der Waals surface area contributed by atoms with Crippen molar-refractivity contribution < 1.29 is 18.0 Å². The van der Waals surface area contributed by atoms with Gasteiger partial charge in [-0.05, 0) is 6.42 Å². The summed E-state index contributed by atoms with van der Waals surface area (Å²) in [6.07, 6.45) is 0.678. The van der Waals surface area contributed by atoms with Gasteiger partial charge in [0, 0.05) is 11.2 Å². The fourth-order valence-electron chi connectivity index (χ4n) is 0.207. The normalized spacial score (nSPS) is 17.1. The van der Waals surface area contributed by atoms with Gasteiger partial charge in [-0.3, -0.25) is 4.18 Å². The van der Waals surface area contributed by atoms with Gasteiger partial charge in [0.15, 0.2) is 0 Å². The van der Waals surface area contributed by atoms with E-state index < -0.39 is 9.05 Å². The first kappa shape index (κ1) is 9.25. The van der Waals surface area contributed by atoms with E-state index in [1.165, 1.54) is 0 Å². The van der Waals surface area contributed by atoms with Crippen molar-refractivity contribution in [2.75, 3.05) is 6.61 Å². The minimum atomic E-state index is -3.29. The largest absolute Gasteiger partial charge is 0.295 e. The van der Waals surface area contributed by atoms with Gasteiger partial charge >= 0.3 is 0 Å². The molecular weight excluding hydrogens is 164 g/mol. The quantitative estimate of drug-likeness (QED) is 0.493. The van der Waals surface area contributed by atoms with Gasteiger partial charge in [-0.25, -0.2) is 5.26 Å². The molecular formula is C3H8O4S2. The molecule has 0 aliphatic carbocycles. The van der Waals surface area contributed by atoms with Gasteiger partial charge in [0.25, 0.3) is 9.05 Å². The van der Waals surface area contributed by atoms with Crippen molar-refractivity contribution in [2.24, 2.45) is 0 Å². The van der Waals surface area contributed by atoms with Gasteiger partial charge in [0.1, 0.15) is 0 Å². The Hall–Kier alpha value is 0.250. The molecule has 1 atom stereocenters. The Morgan fingerprint density at radius 2 is 2.33 bits per heavy atom. The van der Waals surface area contributed by atoms with Crippen molar-refractivity contribution in [3.8, 4) is 0 Å². The molecule has 4 nitrogen and oxygen atoms in total. The molecule has 0 aromatic carbocycles. The summed E-state index contributed by atoms with van der Waals surface area (Å²) in [5, 5.41) is 7.82. The molecule has 6 heteroatoms. The lowest BCUT2D eigenvalue weighted by Gasteiger charge is -1.99. The maximum atomic E-state index is 10.4. The summed E-state index contributed by atoms with van der Waals surface area (Å²) >= 11 is 4.14. The summed E-state index contributed by atoms with van der Waals surface area (Å²) in [7, 11) is -3.29. The summed E-state index contributed by atoms with van der Waals surface area (Å²) < 4.78 is 18.2. The monoisotopic (exact) mass is 172 g/mol. The number of hydrogen-bond acceptors (Lipinski definition) is 5. The lowest BCUT2D eigenvalue weighted by Crippen LogP contribution is -2.06. The van der Waals surface area contributed by atoms with Crippen LogP contribution in [-0.2, 0) is 28.8 Å². The minimum Gasteiger partial charge on any atom is -0.268 e. The lowest BCUT2D eigenvalue weighted by atomic mass is 10.5. The Labute approximate surface area is 58.8 Å². The minimum absolute atomic E-state index is 0.225. The molecule has 0 aliphatic rings. The summed E-state index contributed by atoms with van der Waals surface area (Å²) in [6, 6.07) is 0. The lowest BCUT2D eigenvalue weighted by molar-refractivity contribution is -0.135. The third-order valence-corrected chi connectivity index (χ3v) is 1.63.